The van der Waals surface area contributed by atoms with Crippen LogP contribution in [0.5, 0.6) is 5.75 Å². The lowest BCUT2D eigenvalue weighted by Crippen LogP contribution is -2.32. The normalized spacial score (nSPS) is 11.3. The molecule has 7 nitrogen and oxygen atoms in total. The summed E-state index contributed by atoms with van der Waals surface area (Å²) in [6, 6.07) is 11.6. The van der Waals surface area contributed by atoms with Crippen LogP contribution in [0.2, 0.25) is 0 Å². The molecular formula is C21H23NO6. The molecule has 0 aliphatic carbocycles. The Morgan fingerprint density at radius 2 is 1.57 bits per heavy atom. The molecule has 2 aromatic carbocycles. The van der Waals surface area contributed by atoms with Crippen molar-refractivity contribution in [3.05, 3.63) is 59.2 Å². The number of amides is 1. The number of esters is 2. The second kappa shape index (κ2) is 9.55. The number of hydrogen-bond acceptors (Lipinski definition) is 6. The molecule has 0 fully saturated rings. The largest absolute Gasteiger partial charge is 0.481 e. The highest BCUT2D eigenvalue weighted by Gasteiger charge is 2.21. The molecule has 2 rings (SSSR count). The average molecular weight is 385 g/mol. The summed E-state index contributed by atoms with van der Waals surface area (Å²) in [6.45, 7) is 3.76. The quantitative estimate of drug-likeness (QED) is 0.735. The number of anilines is 1. The lowest BCUT2D eigenvalue weighted by atomic mass is 10.1. The Morgan fingerprint density at radius 1 is 0.964 bits per heavy atom. The maximum absolute atomic E-state index is 12.7. The zero-order chi connectivity index (χ0) is 20.7. The van der Waals surface area contributed by atoms with Gasteiger partial charge in [-0.25, -0.2) is 9.59 Å². The third kappa shape index (κ3) is 5.33. The average Bonchev–Trinajstić information content (AvgIpc) is 2.70. The number of rotatable bonds is 7. The van der Waals surface area contributed by atoms with Crippen molar-refractivity contribution >= 4 is 23.5 Å². The van der Waals surface area contributed by atoms with E-state index in [1.54, 1.807) is 6.07 Å². The van der Waals surface area contributed by atoms with Gasteiger partial charge in [-0.2, -0.15) is 0 Å². The van der Waals surface area contributed by atoms with E-state index in [1.807, 2.05) is 32.0 Å². The minimum absolute atomic E-state index is 0.119. The Morgan fingerprint density at radius 3 is 2.07 bits per heavy atom. The van der Waals surface area contributed by atoms with Gasteiger partial charge in [0.25, 0.3) is 5.91 Å². The Labute approximate surface area is 163 Å². The molecule has 0 saturated carbocycles. The van der Waals surface area contributed by atoms with Crippen molar-refractivity contribution in [2.24, 2.45) is 0 Å². The third-order valence-electron chi connectivity index (χ3n) is 3.97. The fraction of sp³-hybridized carbons (Fsp3) is 0.286. The Hall–Kier alpha value is -3.35. The van der Waals surface area contributed by atoms with Gasteiger partial charge in [0.1, 0.15) is 5.75 Å². The molecular weight excluding hydrogens is 362 g/mol. The minimum Gasteiger partial charge on any atom is -0.481 e. The van der Waals surface area contributed by atoms with Crippen LogP contribution >= 0.6 is 0 Å². The van der Waals surface area contributed by atoms with Gasteiger partial charge in [-0.05, 0) is 49.2 Å². The molecule has 2 aromatic rings. The van der Waals surface area contributed by atoms with E-state index in [4.69, 9.17) is 14.2 Å². The van der Waals surface area contributed by atoms with Gasteiger partial charge >= 0.3 is 11.9 Å². The highest BCUT2D eigenvalue weighted by atomic mass is 16.5. The molecule has 1 N–H and O–H groups in total. The van der Waals surface area contributed by atoms with Crippen molar-refractivity contribution in [3.8, 4) is 5.75 Å². The van der Waals surface area contributed by atoms with Crippen molar-refractivity contribution in [3.63, 3.8) is 0 Å². The number of hydrogen-bond donors (Lipinski definition) is 1. The van der Waals surface area contributed by atoms with E-state index < -0.39 is 23.9 Å². The van der Waals surface area contributed by atoms with Gasteiger partial charge < -0.3 is 19.5 Å². The maximum Gasteiger partial charge on any atom is 0.337 e. The van der Waals surface area contributed by atoms with E-state index in [9.17, 15) is 14.4 Å². The van der Waals surface area contributed by atoms with Gasteiger partial charge in [-0.15, -0.1) is 0 Å². The van der Waals surface area contributed by atoms with Crippen LogP contribution < -0.4 is 10.1 Å². The van der Waals surface area contributed by atoms with Crippen molar-refractivity contribution in [2.45, 2.75) is 26.4 Å². The molecule has 0 aliphatic rings. The summed E-state index contributed by atoms with van der Waals surface area (Å²) in [4.78, 5) is 36.4. The molecule has 0 aromatic heterocycles. The van der Waals surface area contributed by atoms with Gasteiger partial charge in [-0.3, -0.25) is 4.79 Å². The Balaban J connectivity index is 2.24. The second-order valence-corrected chi connectivity index (χ2v) is 6.10. The second-order valence-electron chi connectivity index (χ2n) is 6.10. The molecule has 1 atom stereocenters. The van der Waals surface area contributed by atoms with E-state index in [0.29, 0.717) is 12.2 Å². The van der Waals surface area contributed by atoms with Crippen LogP contribution in [-0.4, -0.2) is 38.2 Å². The van der Waals surface area contributed by atoms with Gasteiger partial charge in [-0.1, -0.05) is 19.1 Å². The zero-order valence-electron chi connectivity index (χ0n) is 16.3. The number of ether oxygens (including phenoxy) is 3. The van der Waals surface area contributed by atoms with E-state index in [2.05, 4.69) is 5.32 Å². The third-order valence-corrected chi connectivity index (χ3v) is 3.97. The highest BCUT2D eigenvalue weighted by Crippen LogP contribution is 2.20. The van der Waals surface area contributed by atoms with Gasteiger partial charge in [0.15, 0.2) is 6.10 Å². The summed E-state index contributed by atoms with van der Waals surface area (Å²) in [5, 5.41) is 2.69. The summed E-state index contributed by atoms with van der Waals surface area (Å²) < 4.78 is 15.2. The first-order chi connectivity index (χ1) is 13.4. The minimum atomic E-state index is -0.745. The van der Waals surface area contributed by atoms with Gasteiger partial charge in [0, 0.05) is 5.69 Å². The molecule has 0 spiro atoms. The van der Waals surface area contributed by atoms with E-state index in [0.717, 1.165) is 5.56 Å². The summed E-state index contributed by atoms with van der Waals surface area (Å²) in [6.07, 6.45) is -0.314. The molecule has 0 saturated heterocycles. The summed E-state index contributed by atoms with van der Waals surface area (Å²) in [5.74, 6) is -1.09. The SMILES string of the molecule is CC[C@@H](Oc1cccc(C)c1)C(=O)Nc1cc(C(=O)OC)cc(C(=O)OC)c1. The van der Waals surface area contributed by atoms with Crippen LogP contribution in [0.1, 0.15) is 39.6 Å². The van der Waals surface area contributed by atoms with Gasteiger partial charge in [0.05, 0.1) is 25.3 Å². The van der Waals surface area contributed by atoms with Crippen molar-refractivity contribution in [1.82, 2.24) is 0 Å². The molecule has 0 aliphatic heterocycles. The monoisotopic (exact) mass is 385 g/mol. The number of methoxy groups -OCH3 is 2. The maximum atomic E-state index is 12.7. The number of carbonyl (C=O) groups is 3. The first-order valence-corrected chi connectivity index (χ1v) is 8.73. The van der Waals surface area contributed by atoms with Crippen LogP contribution in [0.15, 0.2) is 42.5 Å². The number of benzene rings is 2. The van der Waals surface area contributed by atoms with Crippen molar-refractivity contribution in [2.75, 3.05) is 19.5 Å². The molecule has 28 heavy (non-hydrogen) atoms. The topological polar surface area (TPSA) is 90.9 Å². The predicted molar refractivity (Wildman–Crippen MR) is 104 cm³/mol. The fourth-order valence-corrected chi connectivity index (χ4v) is 2.57. The number of carbonyl (C=O) groups excluding carboxylic acids is 3. The van der Waals surface area contributed by atoms with Crippen LogP contribution in [0.4, 0.5) is 5.69 Å². The van der Waals surface area contributed by atoms with E-state index in [-0.39, 0.29) is 16.8 Å². The van der Waals surface area contributed by atoms with Crippen molar-refractivity contribution in [1.29, 1.82) is 0 Å². The van der Waals surface area contributed by atoms with Crippen LogP contribution in [0.25, 0.3) is 0 Å². The van der Waals surface area contributed by atoms with Crippen molar-refractivity contribution < 1.29 is 28.6 Å². The predicted octanol–water partition coefficient (Wildman–Crippen LogP) is 3.36. The fourth-order valence-electron chi connectivity index (χ4n) is 2.57. The van der Waals surface area contributed by atoms with E-state index in [1.165, 1.54) is 32.4 Å². The number of aryl methyl sites for hydroxylation is 1. The molecule has 148 valence electrons. The van der Waals surface area contributed by atoms with Crippen LogP contribution in [0, 0.1) is 6.92 Å². The Bertz CT molecular complexity index is 843. The lowest BCUT2D eigenvalue weighted by molar-refractivity contribution is -0.122. The van der Waals surface area contributed by atoms with Crippen LogP contribution in [-0.2, 0) is 14.3 Å². The smallest absolute Gasteiger partial charge is 0.337 e. The molecule has 0 radical (unpaired) electrons. The first kappa shape index (κ1) is 21.0. The van der Waals surface area contributed by atoms with E-state index >= 15 is 0 Å². The lowest BCUT2D eigenvalue weighted by Gasteiger charge is -2.18. The summed E-state index contributed by atoms with van der Waals surface area (Å²) in [5.41, 5.74) is 1.52. The standard InChI is InChI=1S/C21H23NO6/c1-5-18(28-17-8-6-7-13(2)9-17)19(23)22-16-11-14(20(24)26-3)10-15(12-16)21(25)27-4/h6-12,18H,5H2,1-4H3,(H,22,23)/t18-/m1/s1. The first-order valence-electron chi connectivity index (χ1n) is 8.73. The molecule has 0 unspecified atom stereocenters. The highest BCUT2D eigenvalue weighted by molar-refractivity contribution is 6.00. The number of nitrogens with one attached hydrogen (secondary N) is 1. The molecule has 1 amide bonds. The molecule has 0 heterocycles. The molecule has 7 heteroatoms. The van der Waals surface area contributed by atoms with Crippen LogP contribution in [0.3, 0.4) is 0 Å². The molecule has 0 bridgehead atoms. The Kier molecular flexibility index (Phi) is 7.14. The zero-order valence-corrected chi connectivity index (χ0v) is 16.3. The van der Waals surface area contributed by atoms with Gasteiger partial charge in [0.2, 0.25) is 0 Å². The summed E-state index contributed by atoms with van der Waals surface area (Å²) in [7, 11) is 2.46. The summed E-state index contributed by atoms with van der Waals surface area (Å²) >= 11 is 0.